The molecule has 0 amide bonds. The van der Waals surface area contributed by atoms with Crippen LogP contribution in [0.25, 0.3) is 0 Å². The zero-order valence-electron chi connectivity index (χ0n) is 4.33. The Morgan fingerprint density at radius 1 is 1.11 bits per heavy atom. The molecule has 1 nitrogen and oxygen atoms in total. The van der Waals surface area contributed by atoms with Crippen molar-refractivity contribution in [1.82, 2.24) is 0 Å². The Morgan fingerprint density at radius 2 is 1.67 bits per heavy atom. The molecule has 1 aromatic rings. The van der Waals surface area contributed by atoms with Crippen molar-refractivity contribution in [3.05, 3.63) is 35.9 Å². The van der Waals surface area contributed by atoms with Crippen LogP contribution in [0.4, 0.5) is 0 Å². The molecule has 0 heterocycles. The first kappa shape index (κ1) is 8.31. The molecule has 1 aromatic carbocycles. The average Bonchev–Trinajstić information content (AvgIpc) is 1.90. The van der Waals surface area contributed by atoms with Crippen LogP contribution in [-0.4, -0.2) is 18.9 Å². The van der Waals surface area contributed by atoms with Gasteiger partial charge in [0.25, 0.3) is 0 Å². The monoisotopic (exact) mass is 111 g/mol. The first-order chi connectivity index (χ1) is 3.93. The Bertz CT molecular complexity index is 200. The predicted molar refractivity (Wildman–Crippen MR) is 38.3 cm³/mol. The van der Waals surface area contributed by atoms with E-state index >= 15 is 0 Å². The minimum absolute atomic E-state index is 0. The van der Waals surface area contributed by atoms with Crippen LogP contribution in [0, 0.1) is 11.3 Å². The fraction of sp³-hybridized carbons (Fsp3) is 0. The molecule has 0 unspecified atom stereocenters. The van der Waals surface area contributed by atoms with Gasteiger partial charge >= 0.3 is 18.9 Å². The van der Waals surface area contributed by atoms with Gasteiger partial charge in [0.1, 0.15) is 0 Å². The molecular weight excluding hydrogens is 105 g/mol. The van der Waals surface area contributed by atoms with Crippen molar-refractivity contribution in [3.63, 3.8) is 0 Å². The Kier molecular flexibility index (Phi) is 3.89. The van der Waals surface area contributed by atoms with Crippen LogP contribution in [0.15, 0.2) is 30.3 Å². The molecule has 9 heavy (non-hydrogen) atoms. The average molecular weight is 111 g/mol. The molecule has 0 saturated heterocycles. The van der Waals surface area contributed by atoms with Crippen LogP contribution < -0.4 is 0 Å². The summed E-state index contributed by atoms with van der Waals surface area (Å²) in [4.78, 5) is 0. The summed E-state index contributed by atoms with van der Waals surface area (Å²) >= 11 is 0. The fourth-order valence-electron chi connectivity index (χ4n) is 0.513. The summed E-state index contributed by atoms with van der Waals surface area (Å²) in [6.45, 7) is 0. The van der Waals surface area contributed by atoms with E-state index in [0.29, 0.717) is 5.56 Å². The van der Waals surface area contributed by atoms with Gasteiger partial charge in [0.05, 0.1) is 11.6 Å². The van der Waals surface area contributed by atoms with E-state index in [1.165, 1.54) is 0 Å². The number of hydrogen-bond donors (Lipinski definition) is 0. The van der Waals surface area contributed by atoms with Crippen LogP contribution in [0.5, 0.6) is 0 Å². The molecule has 0 aliphatic carbocycles. The molecule has 0 aromatic heterocycles. The maximum absolute atomic E-state index is 8.29. The van der Waals surface area contributed by atoms with Gasteiger partial charge in [-0.2, -0.15) is 5.26 Å². The normalized spacial score (nSPS) is 7.00. The van der Waals surface area contributed by atoms with Gasteiger partial charge in [-0.3, -0.25) is 0 Å². The van der Waals surface area contributed by atoms with Crippen molar-refractivity contribution in [1.29, 1.82) is 5.26 Å². The number of nitriles is 1. The summed E-state index contributed by atoms with van der Waals surface area (Å²) in [6, 6.07) is 11.2. The zero-order valence-corrected chi connectivity index (χ0v) is 4.33. The van der Waals surface area contributed by atoms with Gasteiger partial charge in [0, 0.05) is 0 Å². The molecule has 0 saturated carbocycles. The molecule has 0 fully saturated rings. The standard InChI is InChI=1S/C7H5N.Li.H/c8-6-7-4-2-1-3-5-7;;/h1-5H;;. The van der Waals surface area contributed by atoms with E-state index in [4.69, 9.17) is 5.26 Å². The first-order valence-electron chi connectivity index (χ1n) is 2.38. The third-order valence-corrected chi connectivity index (χ3v) is 0.903. The van der Waals surface area contributed by atoms with E-state index in [1.807, 2.05) is 24.3 Å². The topological polar surface area (TPSA) is 23.8 Å². The van der Waals surface area contributed by atoms with E-state index in [9.17, 15) is 0 Å². The second kappa shape index (κ2) is 4.21. The summed E-state index contributed by atoms with van der Waals surface area (Å²) < 4.78 is 0. The van der Waals surface area contributed by atoms with Crippen molar-refractivity contribution >= 4 is 18.9 Å². The van der Waals surface area contributed by atoms with Gasteiger partial charge in [-0.05, 0) is 12.1 Å². The van der Waals surface area contributed by atoms with Crippen molar-refractivity contribution in [2.75, 3.05) is 0 Å². The van der Waals surface area contributed by atoms with E-state index in [2.05, 4.69) is 0 Å². The summed E-state index contributed by atoms with van der Waals surface area (Å²) in [7, 11) is 0. The third kappa shape index (κ3) is 2.38. The quantitative estimate of drug-likeness (QED) is 0.456. The van der Waals surface area contributed by atoms with Gasteiger partial charge in [0.15, 0.2) is 0 Å². The Morgan fingerprint density at radius 3 is 2.00 bits per heavy atom. The number of nitrogens with zero attached hydrogens (tertiary/aromatic N) is 1. The van der Waals surface area contributed by atoms with Crippen molar-refractivity contribution in [2.45, 2.75) is 0 Å². The van der Waals surface area contributed by atoms with Crippen LogP contribution in [0.1, 0.15) is 5.56 Å². The van der Waals surface area contributed by atoms with Gasteiger partial charge in [-0.1, -0.05) is 18.2 Å². The Hall–Kier alpha value is -0.693. The van der Waals surface area contributed by atoms with Gasteiger partial charge < -0.3 is 0 Å². The van der Waals surface area contributed by atoms with Crippen molar-refractivity contribution in [2.24, 2.45) is 0 Å². The van der Waals surface area contributed by atoms with Gasteiger partial charge in [-0.15, -0.1) is 0 Å². The van der Waals surface area contributed by atoms with Crippen LogP contribution >= 0.6 is 0 Å². The molecule has 1 rings (SSSR count). The molecule has 0 bridgehead atoms. The van der Waals surface area contributed by atoms with Crippen molar-refractivity contribution in [3.8, 4) is 6.07 Å². The molecule has 0 spiro atoms. The second-order valence-electron chi connectivity index (χ2n) is 1.48. The number of rotatable bonds is 0. The molecule has 2 heteroatoms. The van der Waals surface area contributed by atoms with Crippen LogP contribution in [0.3, 0.4) is 0 Å². The number of hydrogen-bond acceptors (Lipinski definition) is 1. The molecule has 0 aliphatic rings. The van der Waals surface area contributed by atoms with E-state index in [1.54, 1.807) is 12.1 Å². The molecular formula is C7H6LiN. The van der Waals surface area contributed by atoms with Crippen molar-refractivity contribution < 1.29 is 0 Å². The molecule has 40 valence electrons. The fourth-order valence-corrected chi connectivity index (χ4v) is 0.513. The van der Waals surface area contributed by atoms with Gasteiger partial charge in [-0.25, -0.2) is 0 Å². The zero-order chi connectivity index (χ0) is 5.82. The first-order valence-corrected chi connectivity index (χ1v) is 2.38. The third-order valence-electron chi connectivity index (χ3n) is 0.903. The van der Waals surface area contributed by atoms with Crippen LogP contribution in [-0.2, 0) is 0 Å². The predicted octanol–water partition coefficient (Wildman–Crippen LogP) is 0.910. The second-order valence-corrected chi connectivity index (χ2v) is 1.48. The minimum atomic E-state index is 0. The molecule has 0 atom stereocenters. The number of benzene rings is 1. The summed E-state index contributed by atoms with van der Waals surface area (Å²) in [5, 5.41) is 8.29. The summed E-state index contributed by atoms with van der Waals surface area (Å²) in [6.07, 6.45) is 0. The Labute approximate surface area is 66.5 Å². The SMILES string of the molecule is N#Cc1ccccc1.[LiH]. The summed E-state index contributed by atoms with van der Waals surface area (Å²) in [5.41, 5.74) is 0.715. The van der Waals surface area contributed by atoms with Crippen LogP contribution in [0.2, 0.25) is 0 Å². The van der Waals surface area contributed by atoms with Gasteiger partial charge in [0.2, 0.25) is 0 Å². The molecule has 0 radical (unpaired) electrons. The summed E-state index contributed by atoms with van der Waals surface area (Å²) in [5.74, 6) is 0. The van der Waals surface area contributed by atoms with E-state index < -0.39 is 0 Å². The molecule has 0 aliphatic heterocycles. The van der Waals surface area contributed by atoms with E-state index in [0.717, 1.165) is 0 Å². The Balaban J connectivity index is 0.000000640. The molecule has 0 N–H and O–H groups in total. The van der Waals surface area contributed by atoms with E-state index in [-0.39, 0.29) is 18.9 Å². The maximum atomic E-state index is 8.29.